The van der Waals surface area contributed by atoms with Gasteiger partial charge in [-0.25, -0.2) is 14.8 Å². The normalized spacial score (nSPS) is 10.2. The maximum absolute atomic E-state index is 10.9. The van der Waals surface area contributed by atoms with Gasteiger partial charge in [-0.05, 0) is 30.2 Å². The highest BCUT2D eigenvalue weighted by molar-refractivity contribution is 5.88. The molecule has 2 aromatic rings. The maximum Gasteiger partial charge on any atom is 0.335 e. The molecule has 19 heavy (non-hydrogen) atoms. The molecule has 0 bridgehead atoms. The molecule has 0 unspecified atom stereocenters. The molecule has 5 heteroatoms. The van der Waals surface area contributed by atoms with Crippen LogP contribution in [0.3, 0.4) is 0 Å². The monoisotopic (exact) mass is 257 g/mol. The highest BCUT2D eigenvalue weighted by atomic mass is 16.4. The molecule has 1 aromatic heterocycles. The summed E-state index contributed by atoms with van der Waals surface area (Å²) in [4.78, 5) is 19.3. The topological polar surface area (TPSA) is 75.1 Å². The van der Waals surface area contributed by atoms with Gasteiger partial charge in [-0.1, -0.05) is 19.4 Å². The number of aromatic carboxylic acids is 1. The summed E-state index contributed by atoms with van der Waals surface area (Å²) in [6.07, 6.45) is 5.56. The van der Waals surface area contributed by atoms with E-state index in [0.717, 1.165) is 18.4 Å². The van der Waals surface area contributed by atoms with Crippen LogP contribution in [0.4, 0.5) is 11.6 Å². The standard InChI is InChI=1S/C14H15N3O2/c1-2-4-10-8-15-14(16-9-10)17-12-6-3-5-11(7-12)13(18)19/h3,5-9H,2,4H2,1H3,(H,18,19)(H,15,16,17). The van der Waals surface area contributed by atoms with Crippen LogP contribution in [0.5, 0.6) is 0 Å². The number of hydrogen-bond donors (Lipinski definition) is 2. The summed E-state index contributed by atoms with van der Waals surface area (Å²) in [7, 11) is 0. The largest absolute Gasteiger partial charge is 0.478 e. The molecular formula is C14H15N3O2. The zero-order valence-corrected chi connectivity index (χ0v) is 10.6. The van der Waals surface area contributed by atoms with Crippen molar-refractivity contribution >= 4 is 17.6 Å². The summed E-state index contributed by atoms with van der Waals surface area (Å²) < 4.78 is 0. The highest BCUT2D eigenvalue weighted by Gasteiger charge is 2.04. The van der Waals surface area contributed by atoms with Crippen molar-refractivity contribution in [3.63, 3.8) is 0 Å². The Hall–Kier alpha value is -2.43. The summed E-state index contributed by atoms with van der Waals surface area (Å²) >= 11 is 0. The Labute approximate surface area is 111 Å². The molecule has 0 saturated heterocycles. The molecule has 0 radical (unpaired) electrons. The van der Waals surface area contributed by atoms with E-state index in [2.05, 4.69) is 22.2 Å². The fraction of sp³-hybridized carbons (Fsp3) is 0.214. The van der Waals surface area contributed by atoms with E-state index in [1.54, 1.807) is 36.7 Å². The first kappa shape index (κ1) is 13.0. The minimum absolute atomic E-state index is 0.229. The Bertz CT molecular complexity index is 567. The van der Waals surface area contributed by atoms with Gasteiger partial charge in [0.05, 0.1) is 5.56 Å². The third-order valence-corrected chi connectivity index (χ3v) is 2.61. The van der Waals surface area contributed by atoms with Crippen LogP contribution >= 0.6 is 0 Å². The van der Waals surface area contributed by atoms with E-state index in [0.29, 0.717) is 11.6 Å². The Morgan fingerprint density at radius 1 is 1.32 bits per heavy atom. The van der Waals surface area contributed by atoms with Gasteiger partial charge >= 0.3 is 5.97 Å². The lowest BCUT2D eigenvalue weighted by molar-refractivity contribution is 0.0697. The Kier molecular flexibility index (Phi) is 4.07. The van der Waals surface area contributed by atoms with Crippen LogP contribution in [0.2, 0.25) is 0 Å². The number of carboxylic acid groups (broad SMARTS) is 1. The van der Waals surface area contributed by atoms with E-state index in [9.17, 15) is 4.79 Å². The molecule has 0 atom stereocenters. The van der Waals surface area contributed by atoms with E-state index >= 15 is 0 Å². The van der Waals surface area contributed by atoms with Gasteiger partial charge in [0.2, 0.25) is 5.95 Å². The molecule has 0 fully saturated rings. The first-order valence-corrected chi connectivity index (χ1v) is 6.10. The van der Waals surface area contributed by atoms with Crippen molar-refractivity contribution in [1.29, 1.82) is 0 Å². The van der Waals surface area contributed by atoms with Crippen LogP contribution in [0.25, 0.3) is 0 Å². The Morgan fingerprint density at radius 3 is 2.68 bits per heavy atom. The number of aromatic nitrogens is 2. The van der Waals surface area contributed by atoms with Gasteiger partial charge in [-0.3, -0.25) is 0 Å². The minimum atomic E-state index is -0.956. The summed E-state index contributed by atoms with van der Waals surface area (Å²) in [5.74, 6) is -0.495. The van der Waals surface area contributed by atoms with E-state index in [-0.39, 0.29) is 5.56 Å². The molecule has 0 aliphatic carbocycles. The molecule has 0 amide bonds. The zero-order valence-electron chi connectivity index (χ0n) is 10.6. The van der Waals surface area contributed by atoms with Crippen molar-refractivity contribution < 1.29 is 9.90 Å². The van der Waals surface area contributed by atoms with Crippen molar-refractivity contribution in [3.05, 3.63) is 47.8 Å². The molecule has 2 N–H and O–H groups in total. The number of anilines is 2. The summed E-state index contributed by atoms with van der Waals surface area (Å²) in [5, 5.41) is 11.9. The Morgan fingerprint density at radius 2 is 2.05 bits per heavy atom. The predicted molar refractivity (Wildman–Crippen MR) is 72.7 cm³/mol. The van der Waals surface area contributed by atoms with Crippen LogP contribution < -0.4 is 5.32 Å². The van der Waals surface area contributed by atoms with Gasteiger partial charge in [-0.2, -0.15) is 0 Å². The first-order valence-electron chi connectivity index (χ1n) is 6.10. The predicted octanol–water partition coefficient (Wildman–Crippen LogP) is 2.87. The summed E-state index contributed by atoms with van der Waals surface area (Å²) in [5.41, 5.74) is 1.98. The summed E-state index contributed by atoms with van der Waals surface area (Å²) in [6.45, 7) is 2.10. The number of nitrogens with zero attached hydrogens (tertiary/aromatic N) is 2. The van der Waals surface area contributed by atoms with Crippen molar-refractivity contribution in [2.75, 3.05) is 5.32 Å². The number of hydrogen-bond acceptors (Lipinski definition) is 4. The molecule has 0 saturated carbocycles. The fourth-order valence-electron chi connectivity index (χ4n) is 1.70. The van der Waals surface area contributed by atoms with Gasteiger partial charge < -0.3 is 10.4 Å². The van der Waals surface area contributed by atoms with E-state index in [4.69, 9.17) is 5.11 Å². The van der Waals surface area contributed by atoms with Gasteiger partial charge in [0, 0.05) is 18.1 Å². The third kappa shape index (κ3) is 3.51. The van der Waals surface area contributed by atoms with Gasteiger partial charge in [0.15, 0.2) is 0 Å². The van der Waals surface area contributed by atoms with E-state index < -0.39 is 5.97 Å². The average molecular weight is 257 g/mol. The van der Waals surface area contributed by atoms with Crippen LogP contribution in [-0.4, -0.2) is 21.0 Å². The summed E-state index contributed by atoms with van der Waals surface area (Å²) in [6, 6.07) is 6.54. The second-order valence-electron chi connectivity index (χ2n) is 4.18. The lowest BCUT2D eigenvalue weighted by Crippen LogP contribution is -2.00. The molecule has 98 valence electrons. The first-order chi connectivity index (χ1) is 9.19. The molecule has 1 aromatic carbocycles. The van der Waals surface area contributed by atoms with Crippen LogP contribution in [0.15, 0.2) is 36.7 Å². The average Bonchev–Trinajstić information content (AvgIpc) is 2.42. The molecule has 0 aliphatic heterocycles. The van der Waals surface area contributed by atoms with E-state index in [1.165, 1.54) is 0 Å². The number of aryl methyl sites for hydroxylation is 1. The molecular weight excluding hydrogens is 242 g/mol. The minimum Gasteiger partial charge on any atom is -0.478 e. The number of nitrogens with one attached hydrogen (secondary N) is 1. The van der Waals surface area contributed by atoms with Gasteiger partial charge in [-0.15, -0.1) is 0 Å². The van der Waals surface area contributed by atoms with Crippen molar-refractivity contribution in [1.82, 2.24) is 9.97 Å². The fourth-order valence-corrected chi connectivity index (χ4v) is 1.70. The van der Waals surface area contributed by atoms with Crippen LogP contribution in [-0.2, 0) is 6.42 Å². The number of rotatable bonds is 5. The number of carboxylic acids is 1. The molecule has 2 rings (SSSR count). The molecule has 5 nitrogen and oxygen atoms in total. The second-order valence-corrected chi connectivity index (χ2v) is 4.18. The lowest BCUT2D eigenvalue weighted by Gasteiger charge is -2.06. The highest BCUT2D eigenvalue weighted by Crippen LogP contribution is 2.14. The quantitative estimate of drug-likeness (QED) is 0.861. The number of benzene rings is 1. The smallest absolute Gasteiger partial charge is 0.335 e. The molecule has 1 heterocycles. The number of carbonyl (C=O) groups is 1. The van der Waals surface area contributed by atoms with Gasteiger partial charge in [0.1, 0.15) is 0 Å². The van der Waals surface area contributed by atoms with Crippen LogP contribution in [0, 0.1) is 0 Å². The van der Waals surface area contributed by atoms with Crippen molar-refractivity contribution in [2.24, 2.45) is 0 Å². The molecule has 0 aliphatic rings. The van der Waals surface area contributed by atoms with Crippen molar-refractivity contribution in [3.8, 4) is 0 Å². The third-order valence-electron chi connectivity index (χ3n) is 2.61. The Balaban J connectivity index is 2.12. The maximum atomic E-state index is 10.9. The van der Waals surface area contributed by atoms with Crippen LogP contribution in [0.1, 0.15) is 29.3 Å². The second kappa shape index (κ2) is 5.95. The zero-order chi connectivity index (χ0) is 13.7. The molecule has 0 spiro atoms. The van der Waals surface area contributed by atoms with Crippen molar-refractivity contribution in [2.45, 2.75) is 19.8 Å². The SMILES string of the molecule is CCCc1cnc(Nc2cccc(C(=O)O)c2)nc1. The van der Waals surface area contributed by atoms with E-state index in [1.807, 2.05) is 0 Å². The lowest BCUT2D eigenvalue weighted by atomic mass is 10.2. The van der Waals surface area contributed by atoms with Gasteiger partial charge in [0.25, 0.3) is 0 Å².